The average Bonchev–Trinajstić information content (AvgIpc) is 2.44. The van der Waals surface area contributed by atoms with E-state index in [0.717, 1.165) is 0 Å². The third-order valence-electron chi connectivity index (χ3n) is 2.97. The molecule has 84 valence electrons. The number of nitrogens with two attached hydrogens (primary N) is 1. The zero-order valence-electron chi connectivity index (χ0n) is 7.91. The van der Waals surface area contributed by atoms with E-state index in [1.54, 1.807) is 0 Å². The van der Waals surface area contributed by atoms with Gasteiger partial charge in [0.1, 0.15) is 0 Å². The van der Waals surface area contributed by atoms with Gasteiger partial charge in [-0.05, 0) is 38.6 Å². The summed E-state index contributed by atoms with van der Waals surface area (Å²) in [5, 5.41) is 0. The van der Waals surface area contributed by atoms with Crippen LogP contribution in [-0.4, -0.2) is 18.4 Å². The maximum absolute atomic E-state index is 13.6. The van der Waals surface area contributed by atoms with Crippen molar-refractivity contribution in [1.29, 1.82) is 0 Å². The van der Waals surface area contributed by atoms with Crippen molar-refractivity contribution in [1.82, 2.24) is 0 Å². The lowest BCUT2D eigenvalue weighted by Crippen LogP contribution is -2.44. The van der Waals surface area contributed by atoms with Crippen LogP contribution in [0.25, 0.3) is 0 Å². The van der Waals surface area contributed by atoms with E-state index in [4.69, 9.17) is 5.73 Å². The number of halogens is 4. The highest BCUT2D eigenvalue weighted by atomic mass is 19.4. The van der Waals surface area contributed by atoms with Crippen LogP contribution in [0.4, 0.5) is 17.6 Å². The first-order valence-corrected chi connectivity index (χ1v) is 4.87. The summed E-state index contributed by atoms with van der Waals surface area (Å²) < 4.78 is 50.9. The Morgan fingerprint density at radius 3 is 2.50 bits per heavy atom. The molecule has 5 heteroatoms. The van der Waals surface area contributed by atoms with Crippen LogP contribution in [0.15, 0.2) is 0 Å². The summed E-state index contributed by atoms with van der Waals surface area (Å²) in [6, 6.07) is 0. The summed E-state index contributed by atoms with van der Waals surface area (Å²) in [6.07, 6.45) is -3.74. The third kappa shape index (κ3) is 2.02. The topological polar surface area (TPSA) is 26.0 Å². The Kier molecular flexibility index (Phi) is 3.40. The van der Waals surface area contributed by atoms with Crippen LogP contribution in [0, 0.1) is 5.92 Å². The summed E-state index contributed by atoms with van der Waals surface area (Å²) in [5.41, 5.74) is 2.24. The van der Waals surface area contributed by atoms with Crippen LogP contribution < -0.4 is 5.73 Å². The lowest BCUT2D eigenvalue weighted by atomic mass is 9.88. The van der Waals surface area contributed by atoms with E-state index in [1.165, 1.54) is 0 Å². The molecule has 0 bridgehead atoms. The van der Waals surface area contributed by atoms with E-state index < -0.39 is 17.8 Å². The van der Waals surface area contributed by atoms with Crippen molar-refractivity contribution in [2.45, 2.75) is 43.9 Å². The summed E-state index contributed by atoms with van der Waals surface area (Å²) in [4.78, 5) is 0. The molecule has 1 fully saturated rings. The Hall–Kier alpha value is -0.320. The monoisotopic (exact) mass is 213 g/mol. The molecule has 0 aliphatic heterocycles. The molecule has 2 unspecified atom stereocenters. The van der Waals surface area contributed by atoms with Crippen molar-refractivity contribution in [3.63, 3.8) is 0 Å². The number of hydrogen-bond donors (Lipinski definition) is 1. The van der Waals surface area contributed by atoms with Gasteiger partial charge in [0.25, 0.3) is 0 Å². The molecule has 2 atom stereocenters. The molecule has 0 heterocycles. The summed E-state index contributed by atoms with van der Waals surface area (Å²) in [7, 11) is 0. The molecular weight excluding hydrogens is 198 g/mol. The molecule has 0 spiro atoms. The highest BCUT2D eigenvalue weighted by Gasteiger charge is 2.61. The number of hydrogen-bond acceptors (Lipinski definition) is 1. The van der Waals surface area contributed by atoms with E-state index >= 15 is 0 Å². The van der Waals surface area contributed by atoms with Crippen molar-refractivity contribution in [2.24, 2.45) is 11.7 Å². The van der Waals surface area contributed by atoms with Crippen LogP contribution in [0.3, 0.4) is 0 Å². The van der Waals surface area contributed by atoms with Crippen molar-refractivity contribution in [2.75, 3.05) is 6.54 Å². The first-order valence-electron chi connectivity index (χ1n) is 4.87. The Balaban J connectivity index is 2.66. The second-order valence-corrected chi connectivity index (χ2v) is 3.88. The van der Waals surface area contributed by atoms with E-state index in [-0.39, 0.29) is 12.8 Å². The summed E-state index contributed by atoms with van der Waals surface area (Å²) in [6.45, 7) is 0.324. The Morgan fingerprint density at radius 2 is 2.00 bits per heavy atom. The molecule has 0 radical (unpaired) electrons. The minimum atomic E-state index is -4.72. The molecule has 14 heavy (non-hydrogen) atoms. The van der Waals surface area contributed by atoms with Gasteiger partial charge in [-0.25, -0.2) is 4.39 Å². The van der Waals surface area contributed by atoms with E-state index in [9.17, 15) is 17.6 Å². The van der Waals surface area contributed by atoms with E-state index in [1.807, 2.05) is 0 Å². The average molecular weight is 213 g/mol. The fourth-order valence-electron chi connectivity index (χ4n) is 2.15. The molecule has 1 aliphatic carbocycles. The molecular formula is C9H15F4N. The largest absolute Gasteiger partial charge is 0.422 e. The molecule has 0 aromatic carbocycles. The quantitative estimate of drug-likeness (QED) is 0.717. The van der Waals surface area contributed by atoms with Gasteiger partial charge in [0.2, 0.25) is 5.67 Å². The first kappa shape index (κ1) is 11.8. The van der Waals surface area contributed by atoms with Crippen LogP contribution in [-0.2, 0) is 0 Å². The minimum Gasteiger partial charge on any atom is -0.330 e. The van der Waals surface area contributed by atoms with Crippen molar-refractivity contribution >= 4 is 0 Å². The highest BCUT2D eigenvalue weighted by molar-refractivity contribution is 4.98. The number of rotatable bonds is 3. The second kappa shape index (κ2) is 4.04. The minimum absolute atomic E-state index is 0.243. The van der Waals surface area contributed by atoms with Gasteiger partial charge < -0.3 is 5.73 Å². The van der Waals surface area contributed by atoms with E-state index in [0.29, 0.717) is 25.8 Å². The predicted octanol–water partition coefficient (Wildman–Crippen LogP) is 2.80. The van der Waals surface area contributed by atoms with Gasteiger partial charge >= 0.3 is 6.18 Å². The molecule has 1 saturated carbocycles. The lowest BCUT2D eigenvalue weighted by Gasteiger charge is -2.29. The van der Waals surface area contributed by atoms with Crippen LogP contribution in [0.1, 0.15) is 32.1 Å². The van der Waals surface area contributed by atoms with Gasteiger partial charge in [-0.3, -0.25) is 0 Å². The molecule has 0 aromatic rings. The zero-order valence-corrected chi connectivity index (χ0v) is 7.91. The molecule has 0 saturated heterocycles. The van der Waals surface area contributed by atoms with Crippen molar-refractivity contribution in [3.05, 3.63) is 0 Å². The molecule has 1 aliphatic rings. The van der Waals surface area contributed by atoms with Gasteiger partial charge in [-0.1, -0.05) is 0 Å². The molecule has 1 rings (SSSR count). The SMILES string of the molecule is NCCCC1CCCC1(F)C(F)(F)F. The lowest BCUT2D eigenvalue weighted by molar-refractivity contribution is -0.242. The molecule has 1 nitrogen and oxygen atoms in total. The smallest absolute Gasteiger partial charge is 0.330 e. The maximum Gasteiger partial charge on any atom is 0.422 e. The van der Waals surface area contributed by atoms with Gasteiger partial charge in [0.05, 0.1) is 0 Å². The van der Waals surface area contributed by atoms with Gasteiger partial charge in [0.15, 0.2) is 0 Å². The van der Waals surface area contributed by atoms with Gasteiger partial charge in [-0.15, -0.1) is 0 Å². The van der Waals surface area contributed by atoms with Gasteiger partial charge in [0, 0.05) is 5.92 Å². The Labute approximate surface area is 80.7 Å². The standard InChI is InChI=1S/C9H15F4N/c10-8(9(11,12)13)5-1-3-7(8)4-2-6-14/h7H,1-6,14H2. The third-order valence-corrected chi connectivity index (χ3v) is 2.97. The highest BCUT2D eigenvalue weighted by Crippen LogP contribution is 2.51. The molecule has 0 amide bonds. The fourth-order valence-corrected chi connectivity index (χ4v) is 2.15. The molecule has 0 aromatic heterocycles. The van der Waals surface area contributed by atoms with Crippen LogP contribution in [0.5, 0.6) is 0 Å². The fraction of sp³-hybridized carbons (Fsp3) is 1.00. The van der Waals surface area contributed by atoms with Crippen molar-refractivity contribution in [3.8, 4) is 0 Å². The first-order chi connectivity index (χ1) is 6.42. The zero-order chi connectivity index (χ0) is 10.8. The van der Waals surface area contributed by atoms with Gasteiger partial charge in [-0.2, -0.15) is 13.2 Å². The second-order valence-electron chi connectivity index (χ2n) is 3.88. The molecule has 2 N–H and O–H groups in total. The maximum atomic E-state index is 13.6. The van der Waals surface area contributed by atoms with Crippen LogP contribution >= 0.6 is 0 Å². The Bertz CT molecular complexity index is 192. The van der Waals surface area contributed by atoms with Crippen LogP contribution in [0.2, 0.25) is 0 Å². The Morgan fingerprint density at radius 1 is 1.36 bits per heavy atom. The number of alkyl halides is 4. The summed E-state index contributed by atoms with van der Waals surface area (Å²) >= 11 is 0. The van der Waals surface area contributed by atoms with E-state index in [2.05, 4.69) is 0 Å². The van der Waals surface area contributed by atoms with Crippen molar-refractivity contribution < 1.29 is 17.6 Å². The normalized spacial score (nSPS) is 33.6. The summed E-state index contributed by atoms with van der Waals surface area (Å²) in [5.74, 6) is -0.883. The predicted molar refractivity (Wildman–Crippen MR) is 45.5 cm³/mol.